The Labute approximate surface area is 138 Å². The fraction of sp³-hybridized carbons (Fsp3) is 0.588. The van der Waals surface area contributed by atoms with E-state index in [0.29, 0.717) is 23.0 Å². The molecule has 126 valence electrons. The summed E-state index contributed by atoms with van der Waals surface area (Å²) in [7, 11) is -3.45. The van der Waals surface area contributed by atoms with Crippen LogP contribution in [0.3, 0.4) is 0 Å². The van der Waals surface area contributed by atoms with Crippen LogP contribution in [0.4, 0.5) is 5.69 Å². The number of piperidine rings is 1. The number of sulfonamides is 1. The molecule has 3 atom stereocenters. The molecular formula is C17H24N2O3S. The molecule has 6 heteroatoms. The molecule has 2 fully saturated rings. The maximum absolute atomic E-state index is 12.7. The Kier molecular flexibility index (Phi) is 4.47. The van der Waals surface area contributed by atoms with Crippen molar-refractivity contribution in [3.8, 4) is 0 Å². The van der Waals surface area contributed by atoms with E-state index in [0.717, 1.165) is 25.7 Å². The lowest BCUT2D eigenvalue weighted by atomic mass is 10.1. The van der Waals surface area contributed by atoms with Crippen molar-refractivity contribution in [1.29, 1.82) is 0 Å². The van der Waals surface area contributed by atoms with E-state index in [-0.39, 0.29) is 17.9 Å². The summed E-state index contributed by atoms with van der Waals surface area (Å²) in [5.41, 5.74) is 0.653. The average molecular weight is 336 g/mol. The molecule has 0 spiro atoms. The first-order chi connectivity index (χ1) is 10.9. The van der Waals surface area contributed by atoms with Crippen LogP contribution in [-0.4, -0.2) is 31.2 Å². The fourth-order valence-electron chi connectivity index (χ4n) is 3.20. The number of amides is 1. The molecule has 1 heterocycles. The Morgan fingerprint density at radius 2 is 1.83 bits per heavy atom. The van der Waals surface area contributed by atoms with E-state index in [1.165, 1.54) is 0 Å². The number of rotatable bonds is 4. The van der Waals surface area contributed by atoms with Crippen molar-refractivity contribution in [2.45, 2.75) is 50.5 Å². The van der Waals surface area contributed by atoms with E-state index < -0.39 is 10.0 Å². The Hall–Kier alpha value is -1.40. The van der Waals surface area contributed by atoms with Gasteiger partial charge in [-0.15, -0.1) is 0 Å². The van der Waals surface area contributed by atoms with Crippen LogP contribution in [-0.2, 0) is 14.8 Å². The van der Waals surface area contributed by atoms with Gasteiger partial charge in [-0.05, 0) is 56.4 Å². The van der Waals surface area contributed by atoms with Gasteiger partial charge < -0.3 is 5.32 Å². The maximum Gasteiger partial charge on any atom is 0.243 e. The Bertz CT molecular complexity index is 684. The molecule has 1 aromatic rings. The minimum atomic E-state index is -3.45. The molecule has 0 unspecified atom stereocenters. The molecule has 0 aromatic heterocycles. The largest absolute Gasteiger partial charge is 0.326 e. The van der Waals surface area contributed by atoms with E-state index in [9.17, 15) is 13.2 Å². The molecule has 1 N–H and O–H groups in total. The molecule has 0 bridgehead atoms. The monoisotopic (exact) mass is 336 g/mol. The number of carbonyl (C=O) groups is 1. The van der Waals surface area contributed by atoms with Crippen LogP contribution >= 0.6 is 0 Å². The molecule has 23 heavy (non-hydrogen) atoms. The predicted molar refractivity (Wildman–Crippen MR) is 89.5 cm³/mol. The van der Waals surface area contributed by atoms with Crippen molar-refractivity contribution in [1.82, 2.24) is 4.31 Å². The van der Waals surface area contributed by atoms with Crippen LogP contribution in [0.5, 0.6) is 0 Å². The van der Waals surface area contributed by atoms with Crippen molar-refractivity contribution < 1.29 is 13.2 Å². The topological polar surface area (TPSA) is 66.5 Å². The quantitative estimate of drug-likeness (QED) is 0.919. The highest BCUT2D eigenvalue weighted by Gasteiger charge is 2.39. The number of anilines is 1. The summed E-state index contributed by atoms with van der Waals surface area (Å²) in [5, 5.41) is 2.85. The first kappa shape index (κ1) is 16.5. The first-order valence-corrected chi connectivity index (χ1v) is 9.76. The highest BCUT2D eigenvalue weighted by Crippen LogP contribution is 2.38. The van der Waals surface area contributed by atoms with Crippen LogP contribution in [0.25, 0.3) is 0 Å². The van der Waals surface area contributed by atoms with Gasteiger partial charge in [0.2, 0.25) is 15.9 Å². The number of nitrogens with one attached hydrogen (secondary N) is 1. The van der Waals surface area contributed by atoms with Gasteiger partial charge in [0.15, 0.2) is 0 Å². The van der Waals surface area contributed by atoms with Crippen LogP contribution in [0.15, 0.2) is 29.2 Å². The third-order valence-corrected chi connectivity index (χ3v) is 6.94. The second-order valence-corrected chi connectivity index (χ2v) is 8.68. The minimum Gasteiger partial charge on any atom is -0.326 e. The Morgan fingerprint density at radius 1 is 1.17 bits per heavy atom. The summed E-state index contributed by atoms with van der Waals surface area (Å²) >= 11 is 0. The van der Waals surface area contributed by atoms with Gasteiger partial charge in [0.25, 0.3) is 0 Å². The number of benzene rings is 1. The zero-order valence-electron chi connectivity index (χ0n) is 13.7. The van der Waals surface area contributed by atoms with Gasteiger partial charge in [0.1, 0.15) is 0 Å². The minimum absolute atomic E-state index is 0.0257. The van der Waals surface area contributed by atoms with Crippen LogP contribution in [0.2, 0.25) is 0 Å². The molecule has 2 aliphatic rings. The van der Waals surface area contributed by atoms with Crippen molar-refractivity contribution in [3.63, 3.8) is 0 Å². The van der Waals surface area contributed by atoms with Crippen molar-refractivity contribution in [3.05, 3.63) is 24.3 Å². The second-order valence-electron chi connectivity index (χ2n) is 6.79. The number of carbonyl (C=O) groups excluding carboxylic acids is 1. The molecule has 1 aromatic carbocycles. The van der Waals surface area contributed by atoms with Crippen molar-refractivity contribution in [2.75, 3.05) is 11.9 Å². The van der Waals surface area contributed by atoms with E-state index in [2.05, 4.69) is 12.2 Å². The molecule has 0 radical (unpaired) electrons. The summed E-state index contributed by atoms with van der Waals surface area (Å²) in [5.74, 6) is 0.584. The number of nitrogens with zero attached hydrogens (tertiary/aromatic N) is 1. The van der Waals surface area contributed by atoms with E-state index in [1.54, 1.807) is 28.6 Å². The molecule has 3 rings (SSSR count). The molecule has 1 saturated carbocycles. The lowest BCUT2D eigenvalue weighted by Crippen LogP contribution is -2.41. The summed E-state index contributed by atoms with van der Waals surface area (Å²) in [6.07, 6.45) is 3.84. The molecule has 1 aliphatic carbocycles. The highest BCUT2D eigenvalue weighted by atomic mass is 32.2. The molecule has 1 saturated heterocycles. The highest BCUT2D eigenvalue weighted by molar-refractivity contribution is 7.89. The predicted octanol–water partition coefficient (Wildman–Crippen LogP) is 2.84. The molecule has 1 amide bonds. The fourth-order valence-corrected chi connectivity index (χ4v) is 4.90. The third kappa shape index (κ3) is 3.43. The summed E-state index contributed by atoms with van der Waals surface area (Å²) in [6.45, 7) is 4.60. The zero-order chi connectivity index (χ0) is 16.6. The van der Waals surface area contributed by atoms with E-state index in [4.69, 9.17) is 0 Å². The summed E-state index contributed by atoms with van der Waals surface area (Å²) < 4.78 is 27.1. The molecular weight excluding hydrogens is 312 g/mol. The van der Waals surface area contributed by atoms with Gasteiger partial charge >= 0.3 is 0 Å². The van der Waals surface area contributed by atoms with Crippen LogP contribution in [0, 0.1) is 11.8 Å². The van der Waals surface area contributed by atoms with Gasteiger partial charge in [-0.25, -0.2) is 8.42 Å². The molecule has 1 aliphatic heterocycles. The number of hydrogen-bond donors (Lipinski definition) is 1. The summed E-state index contributed by atoms with van der Waals surface area (Å²) in [6, 6.07) is 6.56. The lowest BCUT2D eigenvalue weighted by Gasteiger charge is -2.32. The normalized spacial score (nSPS) is 28.3. The van der Waals surface area contributed by atoms with Crippen LogP contribution < -0.4 is 5.32 Å². The average Bonchev–Trinajstić information content (AvgIpc) is 3.25. The smallest absolute Gasteiger partial charge is 0.243 e. The standard InChI is InChI=1S/C17H24N2O3S/c1-12-11-16(12)17(20)18-14-6-8-15(9-7-14)23(21,22)19-10-4-3-5-13(19)2/h6-9,12-13,16H,3-5,10-11H2,1-2H3,(H,18,20)/t12-,13+,16+/m0/s1. The van der Waals surface area contributed by atoms with Crippen molar-refractivity contribution >= 4 is 21.6 Å². The Balaban J connectivity index is 1.72. The number of hydrogen-bond acceptors (Lipinski definition) is 3. The third-order valence-electron chi connectivity index (χ3n) is 4.92. The Morgan fingerprint density at radius 3 is 2.39 bits per heavy atom. The SMILES string of the molecule is C[C@@H]1CCCCN1S(=O)(=O)c1ccc(NC(=O)[C@@H]2C[C@@H]2C)cc1. The summed E-state index contributed by atoms with van der Waals surface area (Å²) in [4.78, 5) is 12.2. The van der Waals surface area contributed by atoms with Gasteiger partial charge in [-0.3, -0.25) is 4.79 Å². The van der Waals surface area contributed by atoms with Gasteiger partial charge in [-0.2, -0.15) is 4.31 Å². The van der Waals surface area contributed by atoms with E-state index in [1.807, 2.05) is 6.92 Å². The van der Waals surface area contributed by atoms with Crippen molar-refractivity contribution in [2.24, 2.45) is 11.8 Å². The zero-order valence-corrected chi connectivity index (χ0v) is 14.5. The first-order valence-electron chi connectivity index (χ1n) is 8.32. The second kappa shape index (κ2) is 6.24. The van der Waals surface area contributed by atoms with E-state index >= 15 is 0 Å². The lowest BCUT2D eigenvalue weighted by molar-refractivity contribution is -0.117. The van der Waals surface area contributed by atoms with Gasteiger partial charge in [0, 0.05) is 24.2 Å². The van der Waals surface area contributed by atoms with Crippen LogP contribution in [0.1, 0.15) is 39.5 Å². The maximum atomic E-state index is 12.7. The molecule has 5 nitrogen and oxygen atoms in total. The van der Waals surface area contributed by atoms with Gasteiger partial charge in [0.05, 0.1) is 4.90 Å². The van der Waals surface area contributed by atoms with Gasteiger partial charge in [-0.1, -0.05) is 13.3 Å².